The van der Waals surface area contributed by atoms with E-state index >= 15 is 0 Å². The largest absolute Gasteiger partial charge is 0.297 e. The van der Waals surface area contributed by atoms with E-state index in [4.69, 9.17) is 11.6 Å². The zero-order valence-corrected chi connectivity index (χ0v) is 15.9. The summed E-state index contributed by atoms with van der Waals surface area (Å²) < 4.78 is 2.52. The van der Waals surface area contributed by atoms with Crippen LogP contribution in [0.1, 0.15) is 15.4 Å². The first kappa shape index (κ1) is 15.8. The van der Waals surface area contributed by atoms with Crippen LogP contribution in [0.15, 0.2) is 23.6 Å². The van der Waals surface area contributed by atoms with Crippen molar-refractivity contribution in [3.8, 4) is 10.6 Å². The number of aromatic nitrogens is 3. The zero-order chi connectivity index (χ0) is 16.8. The molecule has 122 valence electrons. The first-order valence-corrected chi connectivity index (χ1v) is 9.86. The number of anilines is 1. The predicted molar refractivity (Wildman–Crippen MR) is 102 cm³/mol. The molecule has 1 N–H and O–H groups in total. The topological polar surface area (TPSA) is 59.8 Å². The number of nitrogens with zero attached hydrogens (tertiary/aromatic N) is 3. The van der Waals surface area contributed by atoms with Gasteiger partial charge in [-0.2, -0.15) is 5.10 Å². The van der Waals surface area contributed by atoms with Gasteiger partial charge in [-0.3, -0.25) is 14.8 Å². The quantitative estimate of drug-likeness (QED) is 0.529. The van der Waals surface area contributed by atoms with Crippen LogP contribution in [0.2, 0.25) is 4.34 Å². The van der Waals surface area contributed by atoms with Gasteiger partial charge in [0.15, 0.2) is 5.13 Å². The van der Waals surface area contributed by atoms with Crippen molar-refractivity contribution in [3.63, 3.8) is 0 Å². The molecule has 0 aliphatic heterocycles. The Kier molecular flexibility index (Phi) is 3.92. The Balaban J connectivity index is 1.57. The number of hydrogen-bond donors (Lipinski definition) is 1. The summed E-state index contributed by atoms with van der Waals surface area (Å²) in [6.07, 6.45) is 0. The molecule has 0 aliphatic rings. The number of amides is 1. The van der Waals surface area contributed by atoms with Crippen LogP contribution in [-0.4, -0.2) is 20.7 Å². The Morgan fingerprint density at radius 2 is 2.17 bits per heavy atom. The fourth-order valence-electron chi connectivity index (χ4n) is 2.37. The molecule has 0 fully saturated rings. The Bertz CT molecular complexity index is 1020. The highest BCUT2D eigenvalue weighted by atomic mass is 35.5. The number of fused-ring (bicyclic) bond motifs is 1. The summed E-state index contributed by atoms with van der Waals surface area (Å²) in [6.45, 7) is 1.94. The number of thiazole rings is 1. The maximum atomic E-state index is 12.5. The lowest BCUT2D eigenvalue weighted by molar-refractivity contribution is 0.103. The third kappa shape index (κ3) is 2.75. The molecular formula is C15H11ClN4OS3. The van der Waals surface area contributed by atoms with Gasteiger partial charge in [0.25, 0.3) is 5.91 Å². The molecule has 0 atom stereocenters. The maximum Gasteiger partial charge on any atom is 0.267 e. The number of carbonyl (C=O) groups is 1. The second-order valence-electron chi connectivity index (χ2n) is 5.13. The molecule has 5 nitrogen and oxygen atoms in total. The molecule has 4 aromatic rings. The molecule has 0 radical (unpaired) electrons. The highest BCUT2D eigenvalue weighted by Crippen LogP contribution is 2.33. The lowest BCUT2D eigenvalue weighted by Crippen LogP contribution is -2.09. The molecule has 0 saturated carbocycles. The van der Waals surface area contributed by atoms with Crippen molar-refractivity contribution in [2.24, 2.45) is 7.05 Å². The summed E-state index contributed by atoms with van der Waals surface area (Å²) in [7, 11) is 1.88. The van der Waals surface area contributed by atoms with Gasteiger partial charge in [0.05, 0.1) is 25.5 Å². The third-order valence-electron chi connectivity index (χ3n) is 3.47. The SMILES string of the molecule is Cc1nn(C)c2sc(C(=O)Nc3nc(-c4ccc(Cl)s4)cs3)cc12. The molecule has 0 bridgehead atoms. The van der Waals surface area contributed by atoms with Gasteiger partial charge >= 0.3 is 0 Å². The summed E-state index contributed by atoms with van der Waals surface area (Å²) >= 11 is 10.2. The van der Waals surface area contributed by atoms with Crippen LogP contribution in [0, 0.1) is 6.92 Å². The number of aryl methyl sites for hydroxylation is 2. The van der Waals surface area contributed by atoms with Gasteiger partial charge in [0, 0.05) is 17.8 Å². The molecule has 0 aromatic carbocycles. The Labute approximate surface area is 154 Å². The van der Waals surface area contributed by atoms with E-state index in [1.807, 2.05) is 37.6 Å². The minimum Gasteiger partial charge on any atom is -0.297 e. The van der Waals surface area contributed by atoms with Crippen LogP contribution < -0.4 is 5.32 Å². The lowest BCUT2D eigenvalue weighted by atomic mass is 10.3. The van der Waals surface area contributed by atoms with Gasteiger partial charge in [0.1, 0.15) is 4.83 Å². The molecule has 1 amide bonds. The standard InChI is InChI=1S/C15H11ClN4OS3/c1-7-8-5-11(24-14(8)20(2)19-7)13(21)18-15-17-9(6-22-15)10-3-4-12(16)23-10/h3-6H,1-2H3,(H,17,18,21). The van der Waals surface area contributed by atoms with E-state index < -0.39 is 0 Å². The maximum absolute atomic E-state index is 12.5. The van der Waals surface area contributed by atoms with Gasteiger partial charge in [-0.05, 0) is 25.1 Å². The van der Waals surface area contributed by atoms with Crippen molar-refractivity contribution in [2.75, 3.05) is 5.32 Å². The van der Waals surface area contributed by atoms with Crippen LogP contribution in [0.4, 0.5) is 5.13 Å². The van der Waals surface area contributed by atoms with Crippen molar-refractivity contribution in [1.29, 1.82) is 0 Å². The van der Waals surface area contributed by atoms with Gasteiger partial charge < -0.3 is 0 Å². The first-order chi connectivity index (χ1) is 11.5. The van der Waals surface area contributed by atoms with Gasteiger partial charge in [-0.1, -0.05) is 11.6 Å². The fraction of sp³-hybridized carbons (Fsp3) is 0.133. The molecule has 0 unspecified atom stereocenters. The number of nitrogens with one attached hydrogen (secondary N) is 1. The Morgan fingerprint density at radius 1 is 1.33 bits per heavy atom. The number of halogens is 1. The van der Waals surface area contributed by atoms with Crippen molar-refractivity contribution in [3.05, 3.63) is 38.5 Å². The molecular weight excluding hydrogens is 384 g/mol. The average Bonchev–Trinajstić information content (AvgIpc) is 3.26. The Morgan fingerprint density at radius 3 is 2.88 bits per heavy atom. The number of thiophene rings is 2. The van der Waals surface area contributed by atoms with Crippen LogP contribution in [0.3, 0.4) is 0 Å². The fourth-order valence-corrected chi connectivity index (χ4v) is 5.17. The Hall–Kier alpha value is -1.74. The van der Waals surface area contributed by atoms with Crippen molar-refractivity contribution < 1.29 is 4.79 Å². The van der Waals surface area contributed by atoms with E-state index in [-0.39, 0.29) is 5.91 Å². The molecule has 0 spiro atoms. The molecule has 24 heavy (non-hydrogen) atoms. The first-order valence-electron chi connectivity index (χ1n) is 6.97. The van der Waals surface area contributed by atoms with Crippen LogP contribution in [0.5, 0.6) is 0 Å². The number of rotatable bonds is 3. The minimum atomic E-state index is -0.152. The second-order valence-corrected chi connectivity index (χ2v) is 8.74. The van der Waals surface area contributed by atoms with Crippen molar-refractivity contribution >= 4 is 66.9 Å². The summed E-state index contributed by atoms with van der Waals surface area (Å²) in [4.78, 5) is 19.6. The van der Waals surface area contributed by atoms with E-state index in [1.54, 1.807) is 4.68 Å². The van der Waals surface area contributed by atoms with E-state index in [0.29, 0.717) is 10.0 Å². The highest BCUT2D eigenvalue weighted by Gasteiger charge is 2.16. The van der Waals surface area contributed by atoms with Crippen LogP contribution in [0.25, 0.3) is 20.8 Å². The average molecular weight is 395 g/mol. The van der Waals surface area contributed by atoms with E-state index in [1.165, 1.54) is 34.0 Å². The summed E-state index contributed by atoms with van der Waals surface area (Å²) in [6, 6.07) is 5.65. The number of carbonyl (C=O) groups excluding carboxylic acids is 1. The van der Waals surface area contributed by atoms with Crippen molar-refractivity contribution in [1.82, 2.24) is 14.8 Å². The smallest absolute Gasteiger partial charge is 0.267 e. The van der Waals surface area contributed by atoms with E-state index in [0.717, 1.165) is 30.8 Å². The van der Waals surface area contributed by atoms with Crippen LogP contribution >= 0.6 is 45.6 Å². The predicted octanol–water partition coefficient (Wildman–Crippen LogP) is 5.03. The van der Waals surface area contributed by atoms with Crippen LogP contribution in [-0.2, 0) is 7.05 Å². The van der Waals surface area contributed by atoms with Gasteiger partial charge in [0.2, 0.25) is 0 Å². The molecule has 4 aromatic heterocycles. The highest BCUT2D eigenvalue weighted by molar-refractivity contribution is 7.21. The third-order valence-corrected chi connectivity index (χ3v) is 6.68. The zero-order valence-electron chi connectivity index (χ0n) is 12.7. The summed E-state index contributed by atoms with van der Waals surface area (Å²) in [5.41, 5.74) is 1.75. The second kappa shape index (κ2) is 5.96. The molecule has 9 heteroatoms. The lowest BCUT2D eigenvalue weighted by Gasteiger charge is -1.98. The normalized spacial score (nSPS) is 11.3. The van der Waals surface area contributed by atoms with E-state index in [9.17, 15) is 4.79 Å². The monoisotopic (exact) mass is 394 g/mol. The molecule has 4 rings (SSSR count). The van der Waals surface area contributed by atoms with E-state index in [2.05, 4.69) is 15.4 Å². The molecule has 4 heterocycles. The van der Waals surface area contributed by atoms with Gasteiger partial charge in [-0.25, -0.2) is 4.98 Å². The molecule has 0 saturated heterocycles. The summed E-state index contributed by atoms with van der Waals surface area (Å²) in [5, 5.41) is 10.7. The summed E-state index contributed by atoms with van der Waals surface area (Å²) in [5.74, 6) is -0.152. The number of hydrogen-bond acceptors (Lipinski definition) is 6. The van der Waals surface area contributed by atoms with Crippen molar-refractivity contribution in [2.45, 2.75) is 6.92 Å². The molecule has 0 aliphatic carbocycles. The van der Waals surface area contributed by atoms with Gasteiger partial charge in [-0.15, -0.1) is 34.0 Å². The minimum absolute atomic E-state index is 0.152.